The van der Waals surface area contributed by atoms with Crippen LogP contribution < -0.4 is 10.5 Å². The van der Waals surface area contributed by atoms with Crippen molar-refractivity contribution in [1.29, 1.82) is 0 Å². The largest absolute Gasteiger partial charge is 0.484 e. The van der Waals surface area contributed by atoms with Crippen molar-refractivity contribution in [3.8, 4) is 17.5 Å². The number of aromatic amines is 1. The zero-order valence-corrected chi connectivity index (χ0v) is 10.6. The first-order valence-electron chi connectivity index (χ1n) is 5.48. The van der Waals surface area contributed by atoms with Crippen LogP contribution in [0, 0.1) is 0 Å². The number of halogens is 1. The molecule has 0 amide bonds. The minimum atomic E-state index is -0.702. The maximum absolute atomic E-state index is 10.8. The van der Waals surface area contributed by atoms with Crippen LogP contribution in [0.15, 0.2) is 38.0 Å². The Morgan fingerprint density at radius 2 is 2.15 bits per heavy atom. The molecule has 0 fully saturated rings. The topological polar surface area (TPSA) is 107 Å². The number of ether oxygens (including phenoxy) is 1. The summed E-state index contributed by atoms with van der Waals surface area (Å²) in [7, 11) is 0. The summed E-state index contributed by atoms with van der Waals surface area (Å²) in [4.78, 5) is 14.8. The minimum Gasteiger partial charge on any atom is -0.484 e. The van der Waals surface area contributed by atoms with Gasteiger partial charge in [-0.3, -0.25) is 0 Å². The Hall–Kier alpha value is -2.61. The van der Waals surface area contributed by atoms with Crippen molar-refractivity contribution in [2.45, 2.75) is 6.61 Å². The van der Waals surface area contributed by atoms with Crippen LogP contribution in [0.2, 0.25) is 5.02 Å². The number of para-hydroxylation sites is 1. The van der Waals surface area contributed by atoms with Gasteiger partial charge in [-0.25, -0.2) is 9.89 Å². The van der Waals surface area contributed by atoms with Gasteiger partial charge in [0.05, 0.1) is 5.02 Å². The van der Waals surface area contributed by atoms with Crippen LogP contribution in [-0.4, -0.2) is 20.3 Å². The molecule has 3 aromatic rings. The molecule has 2 heterocycles. The van der Waals surface area contributed by atoms with Gasteiger partial charge in [0.1, 0.15) is 5.75 Å². The molecule has 9 heteroatoms. The molecule has 0 saturated heterocycles. The fraction of sp³-hybridized carbons (Fsp3) is 0.0909. The second-order valence-corrected chi connectivity index (χ2v) is 4.06. The molecule has 2 aromatic heterocycles. The molecule has 102 valence electrons. The van der Waals surface area contributed by atoms with Crippen LogP contribution in [0.3, 0.4) is 0 Å². The van der Waals surface area contributed by atoms with E-state index in [0.29, 0.717) is 10.8 Å². The lowest BCUT2D eigenvalue weighted by atomic mass is 10.3. The van der Waals surface area contributed by atoms with Crippen molar-refractivity contribution in [3.05, 3.63) is 45.7 Å². The summed E-state index contributed by atoms with van der Waals surface area (Å²) < 4.78 is 15.0. The summed E-state index contributed by atoms with van der Waals surface area (Å²) in [5.41, 5.74) is 0. The third-order valence-electron chi connectivity index (χ3n) is 2.28. The first-order valence-corrected chi connectivity index (χ1v) is 5.86. The van der Waals surface area contributed by atoms with E-state index in [4.69, 9.17) is 20.9 Å². The zero-order chi connectivity index (χ0) is 13.9. The fourth-order valence-corrected chi connectivity index (χ4v) is 1.62. The number of hydrogen-bond donors (Lipinski definition) is 1. The molecule has 0 spiro atoms. The summed E-state index contributed by atoms with van der Waals surface area (Å²) in [6, 6.07) is 7.01. The van der Waals surface area contributed by atoms with Crippen molar-refractivity contribution in [2.24, 2.45) is 0 Å². The highest BCUT2D eigenvalue weighted by atomic mass is 35.5. The van der Waals surface area contributed by atoms with Crippen LogP contribution in [-0.2, 0) is 6.61 Å². The number of nitrogens with zero attached hydrogens (tertiary/aromatic N) is 3. The smallest absolute Gasteiger partial charge is 0.434 e. The Balaban J connectivity index is 1.72. The van der Waals surface area contributed by atoms with Crippen LogP contribution in [0.25, 0.3) is 11.8 Å². The lowest BCUT2D eigenvalue weighted by Gasteiger charge is -2.04. The van der Waals surface area contributed by atoms with E-state index in [1.54, 1.807) is 24.3 Å². The first kappa shape index (κ1) is 12.4. The quantitative estimate of drug-likeness (QED) is 0.779. The summed E-state index contributed by atoms with van der Waals surface area (Å²) in [5.74, 6) is -0.0166. The van der Waals surface area contributed by atoms with E-state index in [2.05, 4.69) is 24.8 Å². The summed E-state index contributed by atoms with van der Waals surface area (Å²) in [6.07, 6.45) is 0. The highest BCUT2D eigenvalue weighted by molar-refractivity contribution is 6.32. The number of hydrogen-bond acceptors (Lipinski definition) is 7. The molecule has 0 aliphatic rings. The van der Waals surface area contributed by atoms with E-state index in [1.807, 2.05) is 0 Å². The normalized spacial score (nSPS) is 10.7. The van der Waals surface area contributed by atoms with Gasteiger partial charge in [-0.05, 0) is 12.1 Å². The van der Waals surface area contributed by atoms with Crippen LogP contribution >= 0.6 is 11.6 Å². The molecule has 0 saturated carbocycles. The average molecular weight is 295 g/mol. The summed E-state index contributed by atoms with van der Waals surface area (Å²) in [6.45, 7) is 0.0574. The molecular formula is C11H7ClN4O4. The van der Waals surface area contributed by atoms with Crippen LogP contribution in [0.4, 0.5) is 0 Å². The molecule has 1 aromatic carbocycles. The molecule has 0 aliphatic carbocycles. The van der Waals surface area contributed by atoms with E-state index in [0.717, 1.165) is 0 Å². The first-order chi connectivity index (χ1) is 9.72. The predicted molar refractivity (Wildman–Crippen MR) is 66.2 cm³/mol. The van der Waals surface area contributed by atoms with Gasteiger partial charge in [0.2, 0.25) is 5.82 Å². The van der Waals surface area contributed by atoms with E-state index >= 15 is 0 Å². The minimum absolute atomic E-state index is 0.0129. The third-order valence-corrected chi connectivity index (χ3v) is 2.59. The van der Waals surface area contributed by atoms with E-state index in [9.17, 15) is 4.79 Å². The van der Waals surface area contributed by atoms with Crippen LogP contribution in [0.5, 0.6) is 5.75 Å². The van der Waals surface area contributed by atoms with Crippen molar-refractivity contribution < 1.29 is 13.7 Å². The molecule has 8 nitrogen and oxygen atoms in total. The van der Waals surface area contributed by atoms with Gasteiger partial charge in [-0.1, -0.05) is 28.9 Å². The maximum atomic E-state index is 10.8. The number of H-pyrrole nitrogens is 1. The van der Waals surface area contributed by atoms with Crippen molar-refractivity contribution in [2.75, 3.05) is 0 Å². The molecule has 0 radical (unpaired) electrons. The molecule has 1 N–H and O–H groups in total. The van der Waals surface area contributed by atoms with Gasteiger partial charge >= 0.3 is 17.5 Å². The molecule has 0 bridgehead atoms. The maximum Gasteiger partial charge on any atom is 0.434 e. The average Bonchev–Trinajstić information content (AvgIpc) is 3.06. The Kier molecular flexibility index (Phi) is 3.21. The Morgan fingerprint density at radius 3 is 2.90 bits per heavy atom. The zero-order valence-electron chi connectivity index (χ0n) is 9.87. The van der Waals surface area contributed by atoms with Gasteiger partial charge in [0, 0.05) is 0 Å². The number of benzene rings is 1. The molecule has 0 atom stereocenters. The molecule has 0 unspecified atom stereocenters. The van der Waals surface area contributed by atoms with E-state index in [1.165, 1.54) is 0 Å². The lowest BCUT2D eigenvalue weighted by Crippen LogP contribution is -1.97. The van der Waals surface area contributed by atoms with Gasteiger partial charge in [0.25, 0.3) is 0 Å². The second kappa shape index (κ2) is 5.17. The number of rotatable bonds is 4. The molecule has 0 aliphatic heterocycles. The van der Waals surface area contributed by atoms with E-state index in [-0.39, 0.29) is 24.2 Å². The number of nitrogens with one attached hydrogen (secondary N) is 1. The highest BCUT2D eigenvalue weighted by Gasteiger charge is 2.15. The Morgan fingerprint density at radius 1 is 1.30 bits per heavy atom. The van der Waals surface area contributed by atoms with Gasteiger partial charge in [0.15, 0.2) is 6.61 Å². The van der Waals surface area contributed by atoms with Gasteiger partial charge in [-0.15, -0.1) is 5.10 Å². The standard InChI is InChI=1S/C11H7ClN4O4/c12-6-3-1-2-4-7(6)18-5-8-13-9(20-16-8)10-14-15-11(17)19-10/h1-4H,5H2,(H,15,17). The summed E-state index contributed by atoms with van der Waals surface area (Å²) >= 11 is 5.94. The van der Waals surface area contributed by atoms with Gasteiger partial charge < -0.3 is 13.7 Å². The predicted octanol–water partition coefficient (Wildman–Crippen LogP) is 1.65. The molecule has 20 heavy (non-hydrogen) atoms. The monoisotopic (exact) mass is 294 g/mol. The van der Waals surface area contributed by atoms with Crippen LogP contribution in [0.1, 0.15) is 5.82 Å². The Bertz CT molecular complexity index is 778. The highest BCUT2D eigenvalue weighted by Crippen LogP contribution is 2.24. The lowest BCUT2D eigenvalue weighted by molar-refractivity contribution is 0.287. The fourth-order valence-electron chi connectivity index (χ4n) is 1.42. The molecule has 3 rings (SSSR count). The Labute approximate surface area is 116 Å². The van der Waals surface area contributed by atoms with Gasteiger partial charge in [-0.2, -0.15) is 4.98 Å². The van der Waals surface area contributed by atoms with Crippen molar-refractivity contribution in [3.63, 3.8) is 0 Å². The summed E-state index contributed by atoms with van der Waals surface area (Å²) in [5, 5.41) is 9.82. The third kappa shape index (κ3) is 2.54. The van der Waals surface area contributed by atoms with E-state index < -0.39 is 5.76 Å². The number of aromatic nitrogens is 4. The second-order valence-electron chi connectivity index (χ2n) is 3.65. The van der Waals surface area contributed by atoms with Crippen molar-refractivity contribution >= 4 is 11.6 Å². The SMILES string of the molecule is O=c1[nH]nc(-c2nc(COc3ccccc3Cl)no2)o1. The van der Waals surface area contributed by atoms with Crippen molar-refractivity contribution in [1.82, 2.24) is 20.3 Å². The molecular weight excluding hydrogens is 288 g/mol.